The maximum atomic E-state index is 10.9. The SMILES string of the molecule is C=N/C(=C\SCc1ccnc(NCCCCCOc2ccc(C=O)cc2N)c1)C(=O)O. The van der Waals surface area contributed by atoms with E-state index >= 15 is 0 Å². The highest BCUT2D eigenvalue weighted by Gasteiger charge is 2.04. The Morgan fingerprint density at radius 3 is 2.84 bits per heavy atom. The molecule has 0 aliphatic rings. The Morgan fingerprint density at radius 2 is 2.13 bits per heavy atom. The summed E-state index contributed by atoms with van der Waals surface area (Å²) in [6.07, 6.45) is 5.30. The van der Waals surface area contributed by atoms with Crippen LogP contribution in [0, 0.1) is 0 Å². The number of carbonyl (C=O) groups excluding carboxylic acids is 1. The second-order valence-electron chi connectivity index (χ2n) is 6.58. The van der Waals surface area contributed by atoms with E-state index < -0.39 is 5.97 Å². The van der Waals surface area contributed by atoms with Crippen LogP contribution in [0.5, 0.6) is 5.75 Å². The van der Waals surface area contributed by atoms with Crippen LogP contribution in [0.4, 0.5) is 11.5 Å². The molecule has 9 heteroatoms. The highest BCUT2D eigenvalue weighted by atomic mass is 32.2. The summed E-state index contributed by atoms with van der Waals surface area (Å²) in [6, 6.07) is 8.82. The summed E-state index contributed by atoms with van der Waals surface area (Å²) in [4.78, 5) is 29.4. The van der Waals surface area contributed by atoms with Crippen molar-refractivity contribution < 1.29 is 19.4 Å². The molecule has 4 N–H and O–H groups in total. The minimum Gasteiger partial charge on any atom is -0.491 e. The molecule has 2 rings (SSSR count). The number of aliphatic carboxylic acids is 1. The number of nitrogens with one attached hydrogen (secondary N) is 1. The normalized spacial score (nSPS) is 11.0. The molecule has 0 amide bonds. The first kappa shape index (κ1) is 23.9. The van der Waals surface area contributed by atoms with Crippen molar-refractivity contribution >= 4 is 42.2 Å². The molecule has 8 nitrogen and oxygen atoms in total. The van der Waals surface area contributed by atoms with Crippen molar-refractivity contribution in [2.75, 3.05) is 24.2 Å². The monoisotopic (exact) mass is 442 g/mol. The van der Waals surface area contributed by atoms with Crippen molar-refractivity contribution in [1.29, 1.82) is 0 Å². The Kier molecular flexibility index (Phi) is 10.1. The number of carboxylic acids is 1. The maximum absolute atomic E-state index is 10.9. The van der Waals surface area contributed by atoms with Gasteiger partial charge in [0, 0.05) is 29.5 Å². The van der Waals surface area contributed by atoms with Crippen LogP contribution in [-0.4, -0.2) is 42.2 Å². The van der Waals surface area contributed by atoms with Gasteiger partial charge in [0.05, 0.1) is 12.3 Å². The number of benzene rings is 1. The molecule has 0 aliphatic heterocycles. The average molecular weight is 443 g/mol. The zero-order chi connectivity index (χ0) is 22.5. The van der Waals surface area contributed by atoms with Gasteiger partial charge in [-0.1, -0.05) is 0 Å². The van der Waals surface area contributed by atoms with Crippen LogP contribution in [-0.2, 0) is 10.5 Å². The van der Waals surface area contributed by atoms with E-state index in [0.29, 0.717) is 29.4 Å². The number of aldehydes is 1. The van der Waals surface area contributed by atoms with E-state index in [1.54, 1.807) is 24.4 Å². The van der Waals surface area contributed by atoms with Gasteiger partial charge in [0.15, 0.2) is 5.70 Å². The van der Waals surface area contributed by atoms with E-state index in [4.69, 9.17) is 15.6 Å². The third-order valence-corrected chi connectivity index (χ3v) is 5.10. The molecule has 0 saturated carbocycles. The van der Waals surface area contributed by atoms with Gasteiger partial charge in [-0.05, 0) is 61.9 Å². The number of ether oxygens (including phenoxy) is 1. The minimum atomic E-state index is -1.09. The molecular formula is C22H26N4O4S. The van der Waals surface area contributed by atoms with Gasteiger partial charge in [0.25, 0.3) is 0 Å². The summed E-state index contributed by atoms with van der Waals surface area (Å²) in [7, 11) is 0. The maximum Gasteiger partial charge on any atom is 0.354 e. The van der Waals surface area contributed by atoms with Gasteiger partial charge >= 0.3 is 5.97 Å². The van der Waals surface area contributed by atoms with Crippen LogP contribution in [0.1, 0.15) is 35.2 Å². The summed E-state index contributed by atoms with van der Waals surface area (Å²) in [5.74, 6) is 0.889. The molecule has 0 saturated heterocycles. The first-order chi connectivity index (χ1) is 15.0. The fourth-order valence-corrected chi connectivity index (χ4v) is 3.40. The Bertz CT molecular complexity index is 933. The van der Waals surface area contributed by atoms with E-state index in [2.05, 4.69) is 22.0 Å². The number of unbranched alkanes of at least 4 members (excludes halogenated alkanes) is 2. The fraction of sp³-hybridized carbons (Fsp3) is 0.273. The Labute approximate surface area is 185 Å². The van der Waals surface area contributed by atoms with Crippen LogP contribution in [0.25, 0.3) is 0 Å². The van der Waals surface area contributed by atoms with Gasteiger partial charge in [0.2, 0.25) is 0 Å². The molecule has 1 aromatic heterocycles. The van der Waals surface area contributed by atoms with E-state index in [1.807, 2.05) is 12.1 Å². The number of aromatic nitrogens is 1. The van der Waals surface area contributed by atoms with E-state index in [0.717, 1.165) is 43.5 Å². The lowest BCUT2D eigenvalue weighted by Crippen LogP contribution is -2.05. The van der Waals surface area contributed by atoms with E-state index in [-0.39, 0.29) is 5.70 Å². The number of carboxylic acid groups (broad SMARTS) is 1. The molecular weight excluding hydrogens is 416 g/mol. The number of nitrogens with two attached hydrogens (primary N) is 1. The minimum absolute atomic E-state index is 0.0675. The van der Waals surface area contributed by atoms with Crippen molar-refractivity contribution in [3.05, 3.63) is 58.8 Å². The molecule has 0 spiro atoms. The molecule has 0 unspecified atom stereocenters. The van der Waals surface area contributed by atoms with Crippen LogP contribution in [0.3, 0.4) is 0 Å². The zero-order valence-electron chi connectivity index (χ0n) is 17.1. The molecule has 2 aromatic rings. The molecule has 0 aliphatic carbocycles. The number of nitrogen functional groups attached to an aromatic ring is 1. The predicted octanol–water partition coefficient (Wildman–Crippen LogP) is 4.00. The molecule has 0 bridgehead atoms. The number of anilines is 2. The van der Waals surface area contributed by atoms with Crippen molar-refractivity contribution in [3.8, 4) is 5.75 Å². The number of hydrogen-bond acceptors (Lipinski definition) is 8. The first-order valence-electron chi connectivity index (χ1n) is 9.71. The molecule has 0 atom stereocenters. The van der Waals surface area contributed by atoms with Crippen molar-refractivity contribution in [2.45, 2.75) is 25.0 Å². The zero-order valence-corrected chi connectivity index (χ0v) is 17.9. The van der Waals surface area contributed by atoms with Gasteiger partial charge in [0.1, 0.15) is 17.9 Å². The molecule has 164 valence electrons. The first-order valence-corrected chi connectivity index (χ1v) is 10.8. The van der Waals surface area contributed by atoms with Crippen LogP contribution in [0.15, 0.2) is 52.6 Å². The van der Waals surface area contributed by atoms with Gasteiger partial charge in [-0.2, -0.15) is 0 Å². The van der Waals surface area contributed by atoms with Crippen molar-refractivity contribution in [3.63, 3.8) is 0 Å². The van der Waals surface area contributed by atoms with Gasteiger partial charge in [-0.25, -0.2) is 9.78 Å². The summed E-state index contributed by atoms with van der Waals surface area (Å²) in [5, 5.41) is 13.7. The number of nitrogens with zero attached hydrogens (tertiary/aromatic N) is 2. The smallest absolute Gasteiger partial charge is 0.354 e. The summed E-state index contributed by atoms with van der Waals surface area (Å²) in [6.45, 7) is 4.59. The number of rotatable bonds is 14. The largest absolute Gasteiger partial charge is 0.491 e. The number of aliphatic imine (C=N–C) groups is 1. The lowest BCUT2D eigenvalue weighted by molar-refractivity contribution is -0.132. The Balaban J connectivity index is 1.65. The Morgan fingerprint density at radius 1 is 1.29 bits per heavy atom. The van der Waals surface area contributed by atoms with Gasteiger partial charge in [-0.15, -0.1) is 11.8 Å². The fourth-order valence-electron chi connectivity index (χ4n) is 2.61. The lowest BCUT2D eigenvalue weighted by atomic mass is 10.2. The summed E-state index contributed by atoms with van der Waals surface area (Å²) in [5.41, 5.74) is 7.82. The lowest BCUT2D eigenvalue weighted by Gasteiger charge is -2.10. The number of carbonyl (C=O) groups is 2. The topological polar surface area (TPSA) is 127 Å². The van der Waals surface area contributed by atoms with Crippen LogP contribution in [0.2, 0.25) is 0 Å². The number of thioether (sulfide) groups is 1. The van der Waals surface area contributed by atoms with E-state index in [1.165, 1.54) is 17.2 Å². The highest BCUT2D eigenvalue weighted by molar-refractivity contribution is 8.01. The number of pyridine rings is 1. The quantitative estimate of drug-likeness (QED) is 0.132. The third kappa shape index (κ3) is 8.51. The summed E-state index contributed by atoms with van der Waals surface area (Å²) >= 11 is 1.34. The van der Waals surface area contributed by atoms with Crippen molar-refractivity contribution in [1.82, 2.24) is 4.98 Å². The molecule has 31 heavy (non-hydrogen) atoms. The van der Waals surface area contributed by atoms with Crippen molar-refractivity contribution in [2.24, 2.45) is 4.99 Å². The molecule has 1 aromatic carbocycles. The van der Waals surface area contributed by atoms with E-state index in [9.17, 15) is 9.59 Å². The standard InChI is InChI=1S/C22H26N4O4S/c1-24-19(22(28)29)15-31-14-17-7-9-26-21(12-17)25-8-3-2-4-10-30-20-6-5-16(13-27)11-18(20)23/h5-7,9,11-13,15H,1-4,8,10,14,23H2,(H,25,26)(H,28,29)/b19-15-. The molecule has 0 fully saturated rings. The molecule has 1 heterocycles. The Hall–Kier alpha value is -3.33. The molecule has 0 radical (unpaired) electrons. The second-order valence-corrected chi connectivity index (χ2v) is 7.44. The van der Waals surface area contributed by atoms with Crippen LogP contribution >= 0.6 is 11.8 Å². The van der Waals surface area contributed by atoms with Gasteiger partial charge < -0.3 is 20.9 Å². The van der Waals surface area contributed by atoms with Crippen LogP contribution < -0.4 is 15.8 Å². The van der Waals surface area contributed by atoms with Gasteiger partial charge in [-0.3, -0.25) is 9.79 Å². The number of hydrogen-bond donors (Lipinski definition) is 3. The third-order valence-electron chi connectivity index (χ3n) is 4.21. The highest BCUT2D eigenvalue weighted by Crippen LogP contribution is 2.22. The summed E-state index contributed by atoms with van der Waals surface area (Å²) < 4.78 is 5.67. The predicted molar refractivity (Wildman–Crippen MR) is 125 cm³/mol. The second kappa shape index (κ2) is 13.1. The average Bonchev–Trinajstić information content (AvgIpc) is 2.77.